The lowest BCUT2D eigenvalue weighted by molar-refractivity contribution is 0.0976. The number of amides is 1. The highest BCUT2D eigenvalue weighted by atomic mass is 28.4. The second kappa shape index (κ2) is 12.9. The summed E-state index contributed by atoms with van der Waals surface area (Å²) in [5.41, 5.74) is 1.15. The molecule has 8 heteroatoms. The van der Waals surface area contributed by atoms with Crippen LogP contribution in [0, 0.1) is 0 Å². The molecule has 0 aliphatic carbocycles. The van der Waals surface area contributed by atoms with Crippen LogP contribution in [-0.2, 0) is 17.7 Å². The minimum absolute atomic E-state index is 0.276. The van der Waals surface area contributed by atoms with E-state index in [0.717, 1.165) is 25.3 Å². The molecule has 0 aliphatic heterocycles. The van der Waals surface area contributed by atoms with E-state index >= 15 is 0 Å². The van der Waals surface area contributed by atoms with Crippen LogP contribution < -0.4 is 5.32 Å². The maximum Gasteiger partial charge on any atom is 0.500 e. The van der Waals surface area contributed by atoms with Crippen molar-refractivity contribution in [3.05, 3.63) is 0 Å². The summed E-state index contributed by atoms with van der Waals surface area (Å²) in [5, 5.41) is 2.93. The van der Waals surface area contributed by atoms with E-state index in [0.29, 0.717) is 29.8 Å². The summed E-state index contributed by atoms with van der Waals surface area (Å²) in [6.45, 7) is 16.4. The fraction of sp³-hybridized carbons (Fsp3) is 0.947. The zero-order valence-electron chi connectivity index (χ0n) is 19.0. The van der Waals surface area contributed by atoms with Gasteiger partial charge >= 0.3 is 14.9 Å². The van der Waals surface area contributed by atoms with Crippen molar-refractivity contribution in [3.63, 3.8) is 0 Å². The average Bonchev–Trinajstić information content (AvgIpc) is 2.61. The topological polar surface area (TPSA) is 66.0 Å². The SMILES string of the molecule is CCCO[Si](CCCCNC(=O)O[Si](C(C)C)(C(C)C)C(C)C)(OC)OC. The van der Waals surface area contributed by atoms with Gasteiger partial charge in [0.2, 0.25) is 0 Å². The highest BCUT2D eigenvalue weighted by molar-refractivity contribution is 6.78. The molecule has 0 aromatic carbocycles. The number of nitrogens with one attached hydrogen (secondary N) is 1. The van der Waals surface area contributed by atoms with Crippen molar-refractivity contribution < 1.29 is 22.5 Å². The molecule has 0 heterocycles. The molecule has 0 bridgehead atoms. The molecule has 0 saturated heterocycles. The zero-order valence-corrected chi connectivity index (χ0v) is 21.0. The molecule has 1 amide bonds. The lowest BCUT2D eigenvalue weighted by Crippen LogP contribution is -2.51. The fourth-order valence-corrected chi connectivity index (χ4v) is 11.2. The summed E-state index contributed by atoms with van der Waals surface area (Å²) >= 11 is 0. The fourth-order valence-electron chi connectivity index (χ4n) is 3.94. The number of carbonyl (C=O) groups is 1. The van der Waals surface area contributed by atoms with Crippen LogP contribution in [0.25, 0.3) is 0 Å². The Morgan fingerprint density at radius 2 is 1.44 bits per heavy atom. The second-order valence-electron chi connectivity index (χ2n) is 8.03. The quantitative estimate of drug-likeness (QED) is 0.303. The van der Waals surface area contributed by atoms with Crippen LogP contribution in [0.5, 0.6) is 0 Å². The lowest BCUT2D eigenvalue weighted by atomic mass is 10.3. The monoisotopic (exact) mass is 421 g/mol. The van der Waals surface area contributed by atoms with Gasteiger partial charge in [0.25, 0.3) is 8.32 Å². The first kappa shape index (κ1) is 26.6. The summed E-state index contributed by atoms with van der Waals surface area (Å²) in [7, 11) is -1.45. The van der Waals surface area contributed by atoms with Gasteiger partial charge in [0.05, 0.1) is 0 Å². The first-order valence-electron chi connectivity index (χ1n) is 10.3. The Labute approximate surface area is 169 Å². The van der Waals surface area contributed by atoms with Crippen LogP contribution in [-0.4, -0.2) is 50.6 Å². The van der Waals surface area contributed by atoms with Gasteiger partial charge in [-0.15, -0.1) is 0 Å². The molecule has 0 spiro atoms. The molecule has 162 valence electrons. The van der Waals surface area contributed by atoms with Crippen molar-refractivity contribution >= 4 is 23.2 Å². The Bertz CT molecular complexity index is 393. The van der Waals surface area contributed by atoms with Crippen molar-refractivity contribution in [1.29, 1.82) is 0 Å². The van der Waals surface area contributed by atoms with Gasteiger partial charge in [-0.25, -0.2) is 4.79 Å². The highest BCUT2D eigenvalue weighted by Gasteiger charge is 2.48. The van der Waals surface area contributed by atoms with Gasteiger partial charge in [0.15, 0.2) is 0 Å². The predicted molar refractivity (Wildman–Crippen MR) is 116 cm³/mol. The molecule has 0 aromatic rings. The van der Waals surface area contributed by atoms with Crippen LogP contribution in [0.3, 0.4) is 0 Å². The van der Waals surface area contributed by atoms with E-state index in [9.17, 15) is 4.79 Å². The molecule has 0 radical (unpaired) electrons. The largest absolute Gasteiger partial charge is 0.503 e. The first-order valence-corrected chi connectivity index (χ1v) is 14.4. The molecule has 1 N–H and O–H groups in total. The van der Waals surface area contributed by atoms with Crippen molar-refractivity contribution in [2.75, 3.05) is 27.4 Å². The van der Waals surface area contributed by atoms with E-state index in [4.69, 9.17) is 17.7 Å². The molecule has 0 saturated carbocycles. The smallest absolute Gasteiger partial charge is 0.500 e. The van der Waals surface area contributed by atoms with Crippen LogP contribution in [0.2, 0.25) is 22.7 Å². The zero-order chi connectivity index (χ0) is 21.1. The van der Waals surface area contributed by atoms with Crippen LogP contribution in [0.1, 0.15) is 67.7 Å². The molecule has 0 rings (SSSR count). The number of rotatable bonds is 14. The van der Waals surface area contributed by atoms with Crippen molar-refractivity contribution in [2.45, 2.75) is 90.4 Å². The van der Waals surface area contributed by atoms with Crippen molar-refractivity contribution in [1.82, 2.24) is 5.32 Å². The van der Waals surface area contributed by atoms with E-state index in [1.807, 2.05) is 0 Å². The Balaban J connectivity index is 4.51. The van der Waals surface area contributed by atoms with Crippen molar-refractivity contribution in [2.24, 2.45) is 0 Å². The normalized spacial score (nSPS) is 12.9. The number of hydrogen-bond acceptors (Lipinski definition) is 5. The Morgan fingerprint density at radius 3 is 1.85 bits per heavy atom. The summed E-state index contributed by atoms with van der Waals surface area (Å²) in [6.07, 6.45) is 2.37. The molecule has 6 nitrogen and oxygen atoms in total. The van der Waals surface area contributed by atoms with Gasteiger partial charge in [-0.05, 0) is 35.9 Å². The highest BCUT2D eigenvalue weighted by Crippen LogP contribution is 2.42. The molecule has 0 fully saturated rings. The van der Waals surface area contributed by atoms with Gasteiger partial charge in [0, 0.05) is 33.4 Å². The number of carbonyl (C=O) groups excluding carboxylic acids is 1. The second-order valence-corrected chi connectivity index (χ2v) is 16.4. The van der Waals surface area contributed by atoms with Crippen LogP contribution in [0.4, 0.5) is 4.79 Å². The summed E-state index contributed by atoms with van der Waals surface area (Å²) < 4.78 is 23.0. The van der Waals surface area contributed by atoms with E-state index in [2.05, 4.69) is 53.8 Å². The molecule has 0 unspecified atom stereocenters. The average molecular weight is 422 g/mol. The third-order valence-electron chi connectivity index (χ3n) is 5.30. The summed E-state index contributed by atoms with van der Waals surface area (Å²) in [6, 6.07) is 0.749. The molecule has 27 heavy (non-hydrogen) atoms. The van der Waals surface area contributed by atoms with E-state index in [1.54, 1.807) is 14.2 Å². The Hall–Kier alpha value is -0.416. The third kappa shape index (κ3) is 7.85. The van der Waals surface area contributed by atoms with Crippen molar-refractivity contribution in [3.8, 4) is 0 Å². The summed E-state index contributed by atoms with van der Waals surface area (Å²) in [5.74, 6) is 0. The van der Waals surface area contributed by atoms with Gasteiger partial charge < -0.3 is 23.0 Å². The van der Waals surface area contributed by atoms with E-state index in [1.165, 1.54) is 0 Å². The van der Waals surface area contributed by atoms with Crippen LogP contribution in [0.15, 0.2) is 0 Å². The maximum absolute atomic E-state index is 12.4. The molecule has 0 atom stereocenters. The van der Waals surface area contributed by atoms with Gasteiger partial charge in [-0.2, -0.15) is 0 Å². The van der Waals surface area contributed by atoms with Gasteiger partial charge in [-0.1, -0.05) is 48.5 Å². The first-order chi connectivity index (χ1) is 12.6. The standard InChI is InChI=1S/C19H43NO5Si2/c1-10-14-24-26(22-8,23-9)15-12-11-13-20-19(21)25-27(16(2)3,17(4)5)18(6)7/h16-18H,10-15H2,1-9H3,(H,20,21). The number of unbranched alkanes of at least 4 members (excludes halogenated alkanes) is 1. The van der Waals surface area contributed by atoms with Gasteiger partial charge in [-0.3, -0.25) is 0 Å². The Morgan fingerprint density at radius 1 is 0.926 bits per heavy atom. The number of hydrogen-bond donors (Lipinski definition) is 1. The van der Waals surface area contributed by atoms with E-state index < -0.39 is 17.1 Å². The molecule has 0 aliphatic rings. The maximum atomic E-state index is 12.4. The predicted octanol–water partition coefficient (Wildman–Crippen LogP) is 5.33. The molecular formula is C19H43NO5Si2. The summed E-state index contributed by atoms with van der Waals surface area (Å²) in [4.78, 5) is 12.4. The van der Waals surface area contributed by atoms with Crippen LogP contribution >= 0.6 is 0 Å². The van der Waals surface area contributed by atoms with E-state index in [-0.39, 0.29) is 6.09 Å². The molecular weight excluding hydrogens is 378 g/mol. The minimum atomic E-state index is -2.56. The third-order valence-corrected chi connectivity index (χ3v) is 14.1. The molecule has 0 aromatic heterocycles. The minimum Gasteiger partial charge on any atom is -0.503 e. The van der Waals surface area contributed by atoms with Gasteiger partial charge in [0.1, 0.15) is 0 Å². The Kier molecular flexibility index (Phi) is 12.7. The lowest BCUT2D eigenvalue weighted by Gasteiger charge is -2.41.